The van der Waals surface area contributed by atoms with Gasteiger partial charge < -0.3 is 20.5 Å². The Balaban J connectivity index is 2.17. The number of benzene rings is 2. The van der Waals surface area contributed by atoms with E-state index >= 15 is 0 Å². The Bertz CT molecular complexity index is 922. The van der Waals surface area contributed by atoms with E-state index in [2.05, 4.69) is 10.6 Å². The molecule has 30 heavy (non-hydrogen) atoms. The highest BCUT2D eigenvalue weighted by atomic mass is 19.1. The lowest BCUT2D eigenvalue weighted by atomic mass is 9.82. The van der Waals surface area contributed by atoms with Gasteiger partial charge in [-0.2, -0.15) is 0 Å². The number of aliphatic carboxylic acids is 1. The van der Waals surface area contributed by atoms with E-state index in [0.717, 1.165) is 17.7 Å². The van der Waals surface area contributed by atoms with Crippen LogP contribution in [0, 0.1) is 17.0 Å². The number of hydrogen-bond donors (Lipinski definition) is 3. The third-order valence-electron chi connectivity index (χ3n) is 4.42. The van der Waals surface area contributed by atoms with E-state index in [1.165, 1.54) is 13.8 Å². The summed E-state index contributed by atoms with van der Waals surface area (Å²) in [4.78, 5) is 23.7. The molecular formula is C22H26F2N2O4. The summed E-state index contributed by atoms with van der Waals surface area (Å²) in [5.41, 5.74) is -1.18. The van der Waals surface area contributed by atoms with Crippen molar-refractivity contribution < 1.29 is 28.2 Å². The number of ether oxygens (including phenoxy) is 1. The van der Waals surface area contributed by atoms with Gasteiger partial charge in [-0.3, -0.25) is 0 Å². The van der Waals surface area contributed by atoms with Crippen LogP contribution in [-0.2, 0) is 4.79 Å². The van der Waals surface area contributed by atoms with E-state index in [0.29, 0.717) is 11.8 Å². The van der Waals surface area contributed by atoms with E-state index in [9.17, 15) is 23.5 Å². The fraction of sp³-hybridized carbons (Fsp3) is 0.364. The number of hydrogen-bond acceptors (Lipinski definition) is 3. The molecule has 0 fully saturated rings. The minimum absolute atomic E-state index is 0.138. The van der Waals surface area contributed by atoms with Crippen molar-refractivity contribution in [2.45, 2.75) is 46.3 Å². The quantitative estimate of drug-likeness (QED) is 0.606. The maximum atomic E-state index is 13.8. The molecule has 162 valence electrons. The molecule has 0 aliphatic rings. The monoisotopic (exact) mass is 420 g/mol. The third-order valence-corrected chi connectivity index (χ3v) is 4.42. The lowest BCUT2D eigenvalue weighted by Gasteiger charge is -2.32. The Morgan fingerprint density at radius 3 is 2.10 bits per heavy atom. The van der Waals surface area contributed by atoms with Gasteiger partial charge in [0, 0.05) is 6.07 Å². The maximum Gasteiger partial charge on any atom is 0.347 e. The van der Waals surface area contributed by atoms with Gasteiger partial charge in [0.2, 0.25) is 0 Å². The van der Waals surface area contributed by atoms with Crippen LogP contribution in [0.4, 0.5) is 19.3 Å². The van der Waals surface area contributed by atoms with Gasteiger partial charge in [-0.05, 0) is 49.1 Å². The highest BCUT2D eigenvalue weighted by Gasteiger charge is 2.31. The molecule has 2 aromatic carbocycles. The standard InChI is InChI=1S/C22H26F2N2O4/c1-21(2,3)18(26-20(29)25-17-11-8-14(23)12-16(17)24)13-6-9-15(10-7-13)30-22(4,5)19(27)28/h6-12,18H,1-5H3,(H,27,28)(H2,25,26,29). The highest BCUT2D eigenvalue weighted by molar-refractivity contribution is 5.89. The minimum atomic E-state index is -1.39. The van der Waals surface area contributed by atoms with E-state index in [4.69, 9.17) is 4.74 Å². The Morgan fingerprint density at radius 1 is 1.00 bits per heavy atom. The summed E-state index contributed by atoms with van der Waals surface area (Å²) in [5.74, 6) is -2.33. The molecule has 0 saturated heterocycles. The van der Waals surface area contributed by atoms with Crippen molar-refractivity contribution in [2.75, 3.05) is 5.32 Å². The zero-order valence-electron chi connectivity index (χ0n) is 17.5. The maximum absolute atomic E-state index is 13.8. The molecule has 8 heteroatoms. The number of amides is 2. The van der Waals surface area contributed by atoms with Crippen molar-refractivity contribution in [1.82, 2.24) is 5.32 Å². The van der Waals surface area contributed by atoms with E-state index in [1.54, 1.807) is 24.3 Å². The molecule has 0 aromatic heterocycles. The molecule has 6 nitrogen and oxygen atoms in total. The van der Waals surface area contributed by atoms with Crippen LogP contribution in [0.5, 0.6) is 5.75 Å². The molecule has 2 amide bonds. The van der Waals surface area contributed by atoms with Gasteiger partial charge >= 0.3 is 12.0 Å². The fourth-order valence-corrected chi connectivity index (χ4v) is 2.75. The lowest BCUT2D eigenvalue weighted by molar-refractivity contribution is -0.152. The molecule has 0 radical (unpaired) electrons. The number of carbonyl (C=O) groups excluding carboxylic acids is 1. The first-order chi connectivity index (χ1) is 13.8. The van der Waals surface area contributed by atoms with Gasteiger partial charge in [0.05, 0.1) is 11.7 Å². The SMILES string of the molecule is CC(C)(Oc1ccc(C(NC(=O)Nc2ccc(F)cc2F)C(C)(C)C)cc1)C(=O)O. The average Bonchev–Trinajstić information content (AvgIpc) is 2.61. The molecule has 2 rings (SSSR count). The fourth-order valence-electron chi connectivity index (χ4n) is 2.75. The number of halogens is 2. The molecule has 2 aromatic rings. The summed E-state index contributed by atoms with van der Waals surface area (Å²) in [7, 11) is 0. The summed E-state index contributed by atoms with van der Waals surface area (Å²) in [5, 5.41) is 14.4. The molecule has 0 bridgehead atoms. The van der Waals surface area contributed by atoms with Crippen LogP contribution in [0.25, 0.3) is 0 Å². The Kier molecular flexibility index (Phi) is 6.70. The molecule has 0 saturated carbocycles. The topological polar surface area (TPSA) is 87.7 Å². The molecule has 0 aliphatic heterocycles. The largest absolute Gasteiger partial charge is 0.478 e. The first kappa shape index (κ1) is 23.1. The normalized spacial score (nSPS) is 12.8. The number of anilines is 1. The smallest absolute Gasteiger partial charge is 0.347 e. The number of carboxylic acids is 1. The van der Waals surface area contributed by atoms with Crippen molar-refractivity contribution in [1.29, 1.82) is 0 Å². The molecule has 0 spiro atoms. The predicted molar refractivity (Wildman–Crippen MR) is 109 cm³/mol. The molecule has 3 N–H and O–H groups in total. The van der Waals surface area contributed by atoms with E-state index < -0.39 is 40.7 Å². The lowest BCUT2D eigenvalue weighted by Crippen LogP contribution is -2.39. The Labute approximate surface area is 174 Å². The second kappa shape index (κ2) is 8.69. The Morgan fingerprint density at radius 2 is 1.60 bits per heavy atom. The van der Waals surface area contributed by atoms with Crippen molar-refractivity contribution in [3.05, 3.63) is 59.7 Å². The van der Waals surface area contributed by atoms with Crippen LogP contribution >= 0.6 is 0 Å². The summed E-state index contributed by atoms with van der Waals surface area (Å²) in [6.07, 6.45) is 0. The zero-order valence-corrected chi connectivity index (χ0v) is 17.5. The number of rotatable bonds is 6. The molecule has 1 atom stereocenters. The Hall–Kier alpha value is -3.16. The van der Waals surface area contributed by atoms with E-state index in [-0.39, 0.29) is 5.69 Å². The zero-order chi connectivity index (χ0) is 22.7. The molecule has 0 heterocycles. The van der Waals surface area contributed by atoms with Gasteiger partial charge in [0.1, 0.15) is 17.4 Å². The number of urea groups is 1. The van der Waals surface area contributed by atoms with Gasteiger partial charge in [-0.25, -0.2) is 18.4 Å². The van der Waals surface area contributed by atoms with Crippen LogP contribution in [0.3, 0.4) is 0 Å². The van der Waals surface area contributed by atoms with Gasteiger partial charge in [-0.1, -0.05) is 32.9 Å². The van der Waals surface area contributed by atoms with Gasteiger partial charge in [0.15, 0.2) is 5.60 Å². The minimum Gasteiger partial charge on any atom is -0.478 e. The second-order valence-electron chi connectivity index (χ2n) is 8.51. The van der Waals surface area contributed by atoms with Gasteiger partial charge in [-0.15, -0.1) is 0 Å². The summed E-state index contributed by atoms with van der Waals surface area (Å²) in [6.45, 7) is 8.67. The molecular weight excluding hydrogens is 394 g/mol. The average molecular weight is 420 g/mol. The molecule has 1 unspecified atom stereocenters. The van der Waals surface area contributed by atoms with Crippen LogP contribution in [0.15, 0.2) is 42.5 Å². The predicted octanol–water partition coefficient (Wildman–Crippen LogP) is 5.12. The summed E-state index contributed by atoms with van der Waals surface area (Å²) < 4.78 is 32.3. The summed E-state index contributed by atoms with van der Waals surface area (Å²) >= 11 is 0. The highest BCUT2D eigenvalue weighted by Crippen LogP contribution is 2.34. The van der Waals surface area contributed by atoms with Gasteiger partial charge in [0.25, 0.3) is 0 Å². The summed E-state index contributed by atoms with van der Waals surface area (Å²) in [6, 6.07) is 8.48. The van der Waals surface area contributed by atoms with E-state index in [1.807, 2.05) is 20.8 Å². The van der Waals surface area contributed by atoms with Crippen molar-refractivity contribution in [2.24, 2.45) is 5.41 Å². The number of carbonyl (C=O) groups is 2. The first-order valence-corrected chi connectivity index (χ1v) is 9.34. The van der Waals surface area contributed by atoms with Crippen molar-refractivity contribution >= 4 is 17.7 Å². The third kappa shape index (κ3) is 5.92. The number of carboxylic acid groups (broad SMARTS) is 1. The number of nitrogens with one attached hydrogen (secondary N) is 2. The van der Waals surface area contributed by atoms with Crippen LogP contribution in [-0.4, -0.2) is 22.7 Å². The first-order valence-electron chi connectivity index (χ1n) is 9.34. The van der Waals surface area contributed by atoms with Crippen LogP contribution < -0.4 is 15.4 Å². The van der Waals surface area contributed by atoms with Crippen LogP contribution in [0.1, 0.15) is 46.2 Å². The van der Waals surface area contributed by atoms with Crippen LogP contribution in [0.2, 0.25) is 0 Å². The second-order valence-corrected chi connectivity index (χ2v) is 8.51. The molecule has 0 aliphatic carbocycles. The van der Waals surface area contributed by atoms with Crippen molar-refractivity contribution in [3.8, 4) is 5.75 Å². The van der Waals surface area contributed by atoms with Crippen molar-refractivity contribution in [3.63, 3.8) is 0 Å².